The quantitative estimate of drug-likeness (QED) is 0.570. The zero-order valence-electron chi connectivity index (χ0n) is 11.5. The average molecular weight is 273 g/mol. The van der Waals surface area contributed by atoms with Crippen LogP contribution in [0.5, 0.6) is 0 Å². The second-order valence-electron chi connectivity index (χ2n) is 4.95. The normalized spacial score (nSPS) is 21.5. The molecule has 4 N–H and O–H groups in total. The first-order chi connectivity index (χ1) is 9.80. The summed E-state index contributed by atoms with van der Waals surface area (Å²) in [5.41, 5.74) is 3.38. The number of nitrogens with one attached hydrogen (secondary N) is 2. The molecule has 106 valence electrons. The maximum atomic E-state index is 5.57. The third-order valence-corrected chi connectivity index (χ3v) is 3.57. The van der Waals surface area contributed by atoms with Gasteiger partial charge in [0.2, 0.25) is 5.95 Å². The summed E-state index contributed by atoms with van der Waals surface area (Å²) < 4.78 is 5.57. The van der Waals surface area contributed by atoms with Crippen LogP contribution in [0.2, 0.25) is 0 Å². The van der Waals surface area contributed by atoms with Gasteiger partial charge in [-0.25, -0.2) is 10.8 Å². The van der Waals surface area contributed by atoms with Gasteiger partial charge in [0.1, 0.15) is 5.82 Å². The first-order valence-corrected chi connectivity index (χ1v) is 6.91. The van der Waals surface area contributed by atoms with Crippen molar-refractivity contribution in [1.82, 2.24) is 9.97 Å². The van der Waals surface area contributed by atoms with E-state index in [0.717, 1.165) is 36.2 Å². The molecule has 1 aliphatic rings. The molecule has 1 saturated carbocycles. The first kappa shape index (κ1) is 13.1. The Bertz CT molecular complexity index is 597. The van der Waals surface area contributed by atoms with E-state index in [1.165, 1.54) is 0 Å². The lowest BCUT2D eigenvalue weighted by molar-refractivity contribution is 0.00295. The highest BCUT2D eigenvalue weighted by Crippen LogP contribution is 2.29. The second kappa shape index (κ2) is 5.60. The summed E-state index contributed by atoms with van der Waals surface area (Å²) >= 11 is 0. The highest BCUT2D eigenvalue weighted by atomic mass is 16.5. The number of hydrogen-bond acceptors (Lipinski definition) is 6. The van der Waals surface area contributed by atoms with Gasteiger partial charge in [-0.3, -0.25) is 5.43 Å². The molecular weight excluding hydrogens is 254 g/mol. The number of aromatic nitrogens is 2. The van der Waals surface area contributed by atoms with Crippen LogP contribution in [0.1, 0.15) is 19.8 Å². The molecule has 0 amide bonds. The predicted octanol–water partition coefficient (Wildman–Crippen LogP) is 1.89. The number of para-hydroxylation sites is 1. The molecule has 0 unspecified atom stereocenters. The monoisotopic (exact) mass is 273 g/mol. The van der Waals surface area contributed by atoms with Crippen LogP contribution >= 0.6 is 0 Å². The molecule has 1 aromatic carbocycles. The Labute approximate surface area is 117 Å². The van der Waals surface area contributed by atoms with Crippen LogP contribution in [0, 0.1) is 0 Å². The van der Waals surface area contributed by atoms with Crippen LogP contribution in [-0.2, 0) is 4.74 Å². The zero-order chi connectivity index (χ0) is 13.9. The second-order valence-corrected chi connectivity index (χ2v) is 4.95. The van der Waals surface area contributed by atoms with Gasteiger partial charge < -0.3 is 10.1 Å². The van der Waals surface area contributed by atoms with E-state index in [4.69, 9.17) is 10.6 Å². The minimum atomic E-state index is 0.373. The Morgan fingerprint density at radius 3 is 2.85 bits per heavy atom. The minimum Gasteiger partial charge on any atom is -0.378 e. The SMILES string of the molecule is CCOC1CC(Nc2nc(NN)nc3ccccc23)C1. The third kappa shape index (κ3) is 2.52. The standard InChI is InChI=1S/C14H19N5O/c1-2-20-10-7-9(8-10)16-13-11-5-3-4-6-12(11)17-14(18-13)19-15/h3-6,9-10H,2,7-8,15H2,1H3,(H2,16,17,18,19). The van der Waals surface area contributed by atoms with Gasteiger partial charge in [-0.05, 0) is 31.9 Å². The van der Waals surface area contributed by atoms with Crippen molar-refractivity contribution in [3.8, 4) is 0 Å². The molecule has 0 bridgehead atoms. The lowest BCUT2D eigenvalue weighted by atomic mass is 9.89. The molecule has 6 heteroatoms. The predicted molar refractivity (Wildman–Crippen MR) is 79.4 cm³/mol. The summed E-state index contributed by atoms with van der Waals surface area (Å²) in [5.74, 6) is 6.67. The Morgan fingerprint density at radius 2 is 2.10 bits per heavy atom. The van der Waals surface area contributed by atoms with Crippen molar-refractivity contribution < 1.29 is 4.74 Å². The van der Waals surface area contributed by atoms with Crippen LogP contribution in [0.4, 0.5) is 11.8 Å². The minimum absolute atomic E-state index is 0.373. The summed E-state index contributed by atoms with van der Waals surface area (Å²) in [6, 6.07) is 8.29. The van der Waals surface area contributed by atoms with Gasteiger partial charge in [-0.15, -0.1) is 0 Å². The zero-order valence-corrected chi connectivity index (χ0v) is 11.5. The maximum absolute atomic E-state index is 5.57. The van der Waals surface area contributed by atoms with E-state index < -0.39 is 0 Å². The lowest BCUT2D eigenvalue weighted by Crippen LogP contribution is -2.41. The van der Waals surface area contributed by atoms with E-state index in [9.17, 15) is 0 Å². The molecule has 0 spiro atoms. The third-order valence-electron chi connectivity index (χ3n) is 3.57. The number of fused-ring (bicyclic) bond motifs is 1. The highest BCUT2D eigenvalue weighted by Gasteiger charge is 2.30. The van der Waals surface area contributed by atoms with Crippen molar-refractivity contribution in [1.29, 1.82) is 0 Å². The van der Waals surface area contributed by atoms with E-state index >= 15 is 0 Å². The molecular formula is C14H19N5O. The molecule has 6 nitrogen and oxygen atoms in total. The number of anilines is 2. The van der Waals surface area contributed by atoms with Crippen LogP contribution in [0.15, 0.2) is 24.3 Å². The van der Waals surface area contributed by atoms with Crippen molar-refractivity contribution in [2.45, 2.75) is 31.9 Å². The molecule has 2 aromatic rings. The number of ether oxygens (including phenoxy) is 1. The Hall–Kier alpha value is -1.92. The molecule has 1 heterocycles. The Morgan fingerprint density at radius 1 is 1.30 bits per heavy atom. The number of nitrogens with zero attached hydrogens (tertiary/aromatic N) is 2. The highest BCUT2D eigenvalue weighted by molar-refractivity contribution is 5.90. The van der Waals surface area contributed by atoms with Gasteiger partial charge in [0.15, 0.2) is 0 Å². The van der Waals surface area contributed by atoms with E-state index in [2.05, 4.69) is 20.7 Å². The fourth-order valence-corrected chi connectivity index (χ4v) is 2.50. The van der Waals surface area contributed by atoms with Gasteiger partial charge in [-0.2, -0.15) is 4.98 Å². The Kier molecular flexibility index (Phi) is 3.66. The van der Waals surface area contributed by atoms with Crippen LogP contribution in [0.25, 0.3) is 10.9 Å². The summed E-state index contributed by atoms with van der Waals surface area (Å²) in [4.78, 5) is 8.75. The van der Waals surface area contributed by atoms with Crippen molar-refractivity contribution in [3.63, 3.8) is 0 Å². The Balaban J connectivity index is 1.80. The average Bonchev–Trinajstić information content (AvgIpc) is 2.44. The van der Waals surface area contributed by atoms with Gasteiger partial charge in [0.05, 0.1) is 11.6 Å². The van der Waals surface area contributed by atoms with Crippen molar-refractivity contribution >= 4 is 22.7 Å². The van der Waals surface area contributed by atoms with Crippen molar-refractivity contribution in [2.24, 2.45) is 5.84 Å². The van der Waals surface area contributed by atoms with Crippen LogP contribution in [-0.4, -0.2) is 28.7 Å². The van der Waals surface area contributed by atoms with Gasteiger partial charge in [-0.1, -0.05) is 12.1 Å². The van der Waals surface area contributed by atoms with Crippen molar-refractivity contribution in [2.75, 3.05) is 17.3 Å². The summed E-state index contributed by atoms with van der Waals surface area (Å²) in [7, 11) is 0. The number of rotatable bonds is 5. The maximum Gasteiger partial charge on any atom is 0.239 e. The summed E-state index contributed by atoms with van der Waals surface area (Å²) in [5, 5.41) is 4.46. The fraction of sp³-hybridized carbons (Fsp3) is 0.429. The first-order valence-electron chi connectivity index (χ1n) is 6.91. The molecule has 1 aromatic heterocycles. The smallest absolute Gasteiger partial charge is 0.239 e. The largest absolute Gasteiger partial charge is 0.378 e. The van der Waals surface area contributed by atoms with Crippen LogP contribution < -0.4 is 16.6 Å². The molecule has 0 radical (unpaired) electrons. The number of nitrogen functional groups attached to an aromatic ring is 1. The number of benzene rings is 1. The van der Waals surface area contributed by atoms with E-state index in [1.807, 2.05) is 31.2 Å². The summed E-state index contributed by atoms with van der Waals surface area (Å²) in [6.45, 7) is 2.80. The van der Waals surface area contributed by atoms with E-state index in [0.29, 0.717) is 18.1 Å². The molecule has 0 saturated heterocycles. The number of hydrogen-bond donors (Lipinski definition) is 3. The topological polar surface area (TPSA) is 85.1 Å². The summed E-state index contributed by atoms with van der Waals surface area (Å²) in [6.07, 6.45) is 2.40. The molecule has 3 rings (SSSR count). The fourth-order valence-electron chi connectivity index (χ4n) is 2.50. The van der Waals surface area contributed by atoms with Gasteiger partial charge in [0.25, 0.3) is 0 Å². The lowest BCUT2D eigenvalue weighted by Gasteiger charge is -2.35. The number of hydrazine groups is 1. The van der Waals surface area contributed by atoms with Gasteiger partial charge >= 0.3 is 0 Å². The molecule has 1 aliphatic carbocycles. The number of nitrogens with two attached hydrogens (primary N) is 1. The van der Waals surface area contributed by atoms with E-state index in [1.54, 1.807) is 0 Å². The molecule has 1 fully saturated rings. The molecule has 0 aliphatic heterocycles. The molecule has 0 atom stereocenters. The van der Waals surface area contributed by atoms with Crippen molar-refractivity contribution in [3.05, 3.63) is 24.3 Å². The van der Waals surface area contributed by atoms with E-state index in [-0.39, 0.29) is 0 Å². The molecule has 20 heavy (non-hydrogen) atoms. The van der Waals surface area contributed by atoms with Crippen LogP contribution in [0.3, 0.4) is 0 Å². The van der Waals surface area contributed by atoms with Gasteiger partial charge in [0, 0.05) is 18.0 Å².